The molecule has 0 saturated heterocycles. The highest BCUT2D eigenvalue weighted by Crippen LogP contribution is 2.27. The van der Waals surface area contributed by atoms with E-state index in [2.05, 4.69) is 31.9 Å². The zero-order chi connectivity index (χ0) is 10.2. The summed E-state index contributed by atoms with van der Waals surface area (Å²) < 4.78 is 15.4. The second kappa shape index (κ2) is 3.56. The second-order valence-corrected chi connectivity index (χ2v) is 3.73. The van der Waals surface area contributed by atoms with E-state index in [0.717, 1.165) is 0 Å². The van der Waals surface area contributed by atoms with Gasteiger partial charge in [-0.05, 0) is 28.1 Å². The van der Waals surface area contributed by atoms with Crippen molar-refractivity contribution in [2.24, 2.45) is 0 Å². The van der Waals surface area contributed by atoms with Crippen LogP contribution in [0.2, 0.25) is 0 Å². The lowest BCUT2D eigenvalue weighted by Crippen LogP contribution is -1.95. The molecule has 0 radical (unpaired) electrons. The molecule has 60 valence electrons. The number of rotatable bonds is 1. The number of halogens is 2. The molecule has 11 heavy (non-hydrogen) atoms. The van der Waals surface area contributed by atoms with Gasteiger partial charge in [-0.25, -0.2) is 0 Å². The van der Waals surface area contributed by atoms with Crippen LogP contribution < -0.4 is 5.73 Å². The Morgan fingerprint density at radius 3 is 2.73 bits per heavy atom. The highest BCUT2D eigenvalue weighted by atomic mass is 79.9. The zero-order valence-corrected chi connectivity index (χ0v) is 8.61. The lowest BCUT2D eigenvalue weighted by molar-refractivity contribution is 0.282. The first kappa shape index (κ1) is 6.46. The molecule has 0 fully saturated rings. The van der Waals surface area contributed by atoms with E-state index < -0.39 is 6.56 Å². The van der Waals surface area contributed by atoms with Crippen molar-refractivity contribution < 1.29 is 7.85 Å². The van der Waals surface area contributed by atoms with Gasteiger partial charge in [0.05, 0.1) is 15.0 Å². The highest BCUT2D eigenvalue weighted by molar-refractivity contribution is 9.11. The van der Waals surface area contributed by atoms with Crippen molar-refractivity contribution in [3.63, 3.8) is 0 Å². The number of anilines is 1. The summed E-state index contributed by atoms with van der Waals surface area (Å²) in [4.78, 5) is 0. The van der Waals surface area contributed by atoms with Crippen molar-refractivity contribution in [2.75, 3.05) is 5.73 Å². The molecule has 3 N–H and O–H groups in total. The Morgan fingerprint density at radius 2 is 2.18 bits per heavy atom. The standard InChI is InChI=1S/C7H7Br2NO/c8-5-1-4(3-11)7(10)6(9)2-5/h1-2,11H,3,10H2/i3D2. The first-order valence-corrected chi connectivity index (χ1v) is 4.38. The summed E-state index contributed by atoms with van der Waals surface area (Å²) in [5, 5.41) is 9.13. The molecule has 0 aliphatic heterocycles. The predicted octanol–water partition coefficient (Wildman–Crippen LogP) is 2.29. The van der Waals surface area contributed by atoms with Crippen LogP contribution in [0, 0.1) is 0 Å². The number of benzene rings is 1. The van der Waals surface area contributed by atoms with Crippen LogP contribution in [0.4, 0.5) is 5.69 Å². The topological polar surface area (TPSA) is 46.2 Å². The molecule has 0 amide bonds. The minimum atomic E-state index is -2.42. The van der Waals surface area contributed by atoms with Gasteiger partial charge in [0.2, 0.25) is 0 Å². The molecule has 0 spiro atoms. The Kier molecular flexibility index (Phi) is 2.09. The normalized spacial score (nSPS) is 14.1. The van der Waals surface area contributed by atoms with Crippen LogP contribution in [0.25, 0.3) is 0 Å². The lowest BCUT2D eigenvalue weighted by Gasteiger charge is -2.04. The number of aliphatic hydroxyl groups is 1. The van der Waals surface area contributed by atoms with Gasteiger partial charge in [0, 0.05) is 14.5 Å². The van der Waals surface area contributed by atoms with Crippen LogP contribution in [0.15, 0.2) is 21.1 Å². The Morgan fingerprint density at radius 1 is 1.55 bits per heavy atom. The Labute approximate surface area is 84.5 Å². The summed E-state index contributed by atoms with van der Waals surface area (Å²) in [6.45, 7) is -2.42. The summed E-state index contributed by atoms with van der Waals surface area (Å²) in [6.07, 6.45) is 0. The number of hydrogen-bond donors (Lipinski definition) is 2. The molecule has 4 heteroatoms. The van der Waals surface area contributed by atoms with E-state index in [-0.39, 0.29) is 11.3 Å². The molecule has 0 aromatic heterocycles. The fourth-order valence-electron chi connectivity index (χ4n) is 0.677. The maximum absolute atomic E-state index is 9.13. The molecule has 0 aliphatic rings. The van der Waals surface area contributed by atoms with Gasteiger partial charge in [-0.3, -0.25) is 0 Å². The third kappa shape index (κ3) is 1.95. The molecule has 1 rings (SSSR count). The molecule has 0 saturated carbocycles. The molecular formula is C7H7Br2NO. The van der Waals surface area contributed by atoms with Crippen molar-refractivity contribution in [3.8, 4) is 0 Å². The average molecular weight is 283 g/mol. The minimum absolute atomic E-state index is 0.0498. The molecule has 0 atom stereocenters. The fourth-order valence-corrected chi connectivity index (χ4v) is 1.90. The third-order valence-corrected chi connectivity index (χ3v) is 2.33. The van der Waals surface area contributed by atoms with E-state index in [9.17, 15) is 0 Å². The van der Waals surface area contributed by atoms with E-state index in [0.29, 0.717) is 8.95 Å². The molecule has 1 aromatic carbocycles. The monoisotopic (exact) mass is 281 g/mol. The summed E-state index contributed by atoms with van der Waals surface area (Å²) in [5.74, 6) is 0. The Bertz CT molecular complexity index is 338. The van der Waals surface area contributed by atoms with Crippen molar-refractivity contribution in [2.45, 2.75) is 6.56 Å². The summed E-state index contributed by atoms with van der Waals surface area (Å²) in [6, 6.07) is 3.13. The van der Waals surface area contributed by atoms with Gasteiger partial charge in [0.15, 0.2) is 0 Å². The van der Waals surface area contributed by atoms with Crippen LogP contribution in [-0.4, -0.2) is 5.11 Å². The first-order chi connectivity index (χ1) is 5.82. The fraction of sp³-hybridized carbons (Fsp3) is 0.143. The summed E-state index contributed by atoms with van der Waals surface area (Å²) >= 11 is 6.33. The number of nitrogen functional groups attached to an aromatic ring is 1. The molecule has 0 heterocycles. The van der Waals surface area contributed by atoms with Crippen LogP contribution >= 0.6 is 31.9 Å². The molecule has 0 unspecified atom stereocenters. The van der Waals surface area contributed by atoms with Gasteiger partial charge >= 0.3 is 0 Å². The smallest absolute Gasteiger partial charge is 0.0702 e. The Hall–Kier alpha value is -0.0600. The van der Waals surface area contributed by atoms with Gasteiger partial charge in [-0.15, -0.1) is 0 Å². The molecule has 1 aromatic rings. The molecule has 0 bridgehead atoms. The van der Waals surface area contributed by atoms with E-state index in [1.54, 1.807) is 6.07 Å². The predicted molar refractivity (Wildman–Crippen MR) is 52.2 cm³/mol. The first-order valence-electron chi connectivity index (χ1n) is 3.79. The van der Waals surface area contributed by atoms with Gasteiger partial charge in [-0.2, -0.15) is 0 Å². The molecule has 2 nitrogen and oxygen atoms in total. The van der Waals surface area contributed by atoms with Crippen LogP contribution in [0.1, 0.15) is 8.30 Å². The van der Waals surface area contributed by atoms with E-state index in [1.165, 1.54) is 6.07 Å². The van der Waals surface area contributed by atoms with Crippen LogP contribution in [0.3, 0.4) is 0 Å². The SMILES string of the molecule is [2H]C([2H])(O)c1cc(Br)cc(Br)c1N. The summed E-state index contributed by atoms with van der Waals surface area (Å²) in [7, 11) is 0. The minimum Gasteiger partial charge on any atom is -0.398 e. The molecule has 0 aliphatic carbocycles. The van der Waals surface area contributed by atoms with Gasteiger partial charge in [0.1, 0.15) is 0 Å². The highest BCUT2D eigenvalue weighted by Gasteiger charge is 2.03. The number of nitrogens with two attached hydrogens (primary N) is 1. The third-order valence-electron chi connectivity index (χ3n) is 1.21. The number of hydrogen-bond acceptors (Lipinski definition) is 2. The van der Waals surface area contributed by atoms with Crippen molar-refractivity contribution in [3.05, 3.63) is 26.6 Å². The van der Waals surface area contributed by atoms with Crippen molar-refractivity contribution in [1.29, 1.82) is 0 Å². The van der Waals surface area contributed by atoms with Crippen LogP contribution in [0.5, 0.6) is 0 Å². The summed E-state index contributed by atoms with van der Waals surface area (Å²) in [5.41, 5.74) is 5.82. The molecular weight excluding hydrogens is 274 g/mol. The zero-order valence-electron chi connectivity index (χ0n) is 7.44. The van der Waals surface area contributed by atoms with E-state index >= 15 is 0 Å². The maximum Gasteiger partial charge on any atom is 0.0702 e. The van der Waals surface area contributed by atoms with E-state index in [1.807, 2.05) is 0 Å². The average Bonchev–Trinajstić information content (AvgIpc) is 1.94. The van der Waals surface area contributed by atoms with Gasteiger partial charge in [0.25, 0.3) is 0 Å². The lowest BCUT2D eigenvalue weighted by atomic mass is 10.2. The quantitative estimate of drug-likeness (QED) is 0.777. The van der Waals surface area contributed by atoms with Crippen molar-refractivity contribution in [1.82, 2.24) is 0 Å². The van der Waals surface area contributed by atoms with Gasteiger partial charge < -0.3 is 10.8 Å². The largest absolute Gasteiger partial charge is 0.398 e. The maximum atomic E-state index is 9.13. The second-order valence-electron chi connectivity index (χ2n) is 1.96. The van der Waals surface area contributed by atoms with Crippen LogP contribution in [-0.2, 0) is 6.56 Å². The van der Waals surface area contributed by atoms with Crippen molar-refractivity contribution >= 4 is 37.5 Å². The Balaban J connectivity index is 3.37. The van der Waals surface area contributed by atoms with Gasteiger partial charge in [-0.1, -0.05) is 15.9 Å². The van der Waals surface area contributed by atoms with E-state index in [4.69, 9.17) is 13.6 Å².